The molecule has 0 aliphatic carbocycles. The third-order valence-corrected chi connectivity index (χ3v) is 5.70. The maximum absolute atomic E-state index is 13.1. The normalized spacial score (nSPS) is 17.0. The van der Waals surface area contributed by atoms with Crippen molar-refractivity contribution in [3.8, 4) is 0 Å². The molecule has 3 aromatic rings. The van der Waals surface area contributed by atoms with Crippen molar-refractivity contribution in [1.82, 2.24) is 5.32 Å². The highest BCUT2D eigenvalue weighted by atomic mass is 16.2. The number of para-hydroxylation sites is 1. The highest BCUT2D eigenvalue weighted by Gasteiger charge is 2.38. The highest BCUT2D eigenvalue weighted by Crippen LogP contribution is 2.30. The van der Waals surface area contributed by atoms with Crippen molar-refractivity contribution in [2.45, 2.75) is 25.8 Å². The first-order chi connectivity index (χ1) is 14.6. The molecule has 2 amide bonds. The third kappa shape index (κ3) is 4.28. The van der Waals surface area contributed by atoms with Crippen LogP contribution in [0.15, 0.2) is 84.9 Å². The van der Waals surface area contributed by atoms with Gasteiger partial charge in [0.25, 0.3) is 0 Å². The van der Waals surface area contributed by atoms with Crippen LogP contribution in [0, 0.1) is 5.92 Å². The molecule has 4 nitrogen and oxygen atoms in total. The molecule has 3 aromatic carbocycles. The van der Waals surface area contributed by atoms with Crippen molar-refractivity contribution in [2.24, 2.45) is 5.92 Å². The van der Waals surface area contributed by atoms with E-state index in [1.807, 2.05) is 73.7 Å². The second-order valence-electron chi connectivity index (χ2n) is 7.76. The van der Waals surface area contributed by atoms with Crippen LogP contribution < -0.4 is 10.2 Å². The Bertz CT molecular complexity index is 1020. The van der Waals surface area contributed by atoms with E-state index in [-0.39, 0.29) is 17.9 Å². The molecule has 2 atom stereocenters. The summed E-state index contributed by atoms with van der Waals surface area (Å²) in [5.41, 5.74) is 4.22. The molecule has 0 radical (unpaired) electrons. The second-order valence-corrected chi connectivity index (χ2v) is 7.76. The Balaban J connectivity index is 1.48. The molecule has 1 N–H and O–H groups in total. The van der Waals surface area contributed by atoms with E-state index in [9.17, 15) is 9.59 Å². The molecular weight excluding hydrogens is 372 g/mol. The van der Waals surface area contributed by atoms with Crippen molar-refractivity contribution < 1.29 is 9.59 Å². The molecule has 0 saturated carbocycles. The van der Waals surface area contributed by atoms with Gasteiger partial charge in [-0.25, -0.2) is 0 Å². The number of nitrogens with zero attached hydrogens (tertiary/aromatic N) is 1. The number of rotatable bonds is 6. The maximum atomic E-state index is 13.1. The van der Waals surface area contributed by atoms with Crippen LogP contribution in [-0.2, 0) is 16.0 Å². The molecule has 0 spiro atoms. The van der Waals surface area contributed by atoms with E-state index >= 15 is 0 Å². The molecule has 1 aliphatic heterocycles. The lowest BCUT2D eigenvalue weighted by atomic mass is 10.0. The number of carbonyl (C=O) groups excluding carboxylic acids is 2. The molecule has 1 heterocycles. The fraction of sp³-hybridized carbons (Fsp3) is 0.231. The van der Waals surface area contributed by atoms with Gasteiger partial charge < -0.3 is 10.2 Å². The summed E-state index contributed by atoms with van der Waals surface area (Å²) >= 11 is 0. The lowest BCUT2D eigenvalue weighted by Crippen LogP contribution is -2.38. The zero-order chi connectivity index (χ0) is 20.9. The molecule has 0 aromatic heterocycles. The standard InChI is InChI=1S/C26H26N2O2/c1-19(21-12-6-3-7-13-21)27-25(29)23-16-17-28(26(23)30)24-15-9-8-14-22(24)18-20-10-4-2-5-11-20/h2-15,19,23H,16-18H2,1H3,(H,27,29). The smallest absolute Gasteiger partial charge is 0.239 e. The van der Waals surface area contributed by atoms with E-state index in [1.165, 1.54) is 5.56 Å². The number of benzene rings is 3. The molecule has 2 unspecified atom stereocenters. The summed E-state index contributed by atoms with van der Waals surface area (Å²) in [5.74, 6) is -0.950. The van der Waals surface area contributed by atoms with E-state index in [1.54, 1.807) is 4.90 Å². The third-order valence-electron chi connectivity index (χ3n) is 5.70. The van der Waals surface area contributed by atoms with E-state index in [2.05, 4.69) is 23.5 Å². The molecule has 4 rings (SSSR count). The summed E-state index contributed by atoms with van der Waals surface area (Å²) in [7, 11) is 0. The Morgan fingerprint density at radius 3 is 2.33 bits per heavy atom. The minimum atomic E-state index is -0.638. The van der Waals surface area contributed by atoms with E-state index in [0.29, 0.717) is 13.0 Å². The molecule has 4 heteroatoms. The Kier molecular flexibility index (Phi) is 5.94. The van der Waals surface area contributed by atoms with Gasteiger partial charge in [0.15, 0.2) is 0 Å². The van der Waals surface area contributed by atoms with Crippen molar-refractivity contribution in [2.75, 3.05) is 11.4 Å². The number of hydrogen-bond donors (Lipinski definition) is 1. The van der Waals surface area contributed by atoms with Crippen LogP contribution in [0.4, 0.5) is 5.69 Å². The zero-order valence-electron chi connectivity index (χ0n) is 17.1. The first-order valence-corrected chi connectivity index (χ1v) is 10.4. The van der Waals surface area contributed by atoms with Crippen LogP contribution in [0.1, 0.15) is 36.1 Å². The number of carbonyl (C=O) groups is 2. The highest BCUT2D eigenvalue weighted by molar-refractivity contribution is 6.10. The van der Waals surface area contributed by atoms with Crippen LogP contribution >= 0.6 is 0 Å². The van der Waals surface area contributed by atoms with Crippen molar-refractivity contribution in [3.63, 3.8) is 0 Å². The molecule has 0 bridgehead atoms. The second kappa shape index (κ2) is 8.95. The molecule has 30 heavy (non-hydrogen) atoms. The van der Waals surface area contributed by atoms with Crippen LogP contribution in [-0.4, -0.2) is 18.4 Å². The Hall–Kier alpha value is -3.40. The first kappa shape index (κ1) is 19.9. The van der Waals surface area contributed by atoms with Crippen molar-refractivity contribution in [3.05, 3.63) is 102 Å². The van der Waals surface area contributed by atoms with Gasteiger partial charge in [0, 0.05) is 12.2 Å². The number of anilines is 1. The van der Waals surface area contributed by atoms with Crippen LogP contribution in [0.25, 0.3) is 0 Å². The topological polar surface area (TPSA) is 49.4 Å². The van der Waals surface area contributed by atoms with E-state index in [4.69, 9.17) is 0 Å². The van der Waals surface area contributed by atoms with Gasteiger partial charge in [-0.05, 0) is 42.5 Å². The average molecular weight is 399 g/mol. The van der Waals surface area contributed by atoms with Crippen LogP contribution in [0.3, 0.4) is 0 Å². The van der Waals surface area contributed by atoms with Crippen LogP contribution in [0.2, 0.25) is 0 Å². The van der Waals surface area contributed by atoms with Crippen molar-refractivity contribution in [1.29, 1.82) is 0 Å². The zero-order valence-corrected chi connectivity index (χ0v) is 17.1. The van der Waals surface area contributed by atoms with Gasteiger partial charge in [0.05, 0.1) is 6.04 Å². The summed E-state index contributed by atoms with van der Waals surface area (Å²) in [6.07, 6.45) is 1.29. The van der Waals surface area contributed by atoms with E-state index < -0.39 is 5.92 Å². The van der Waals surface area contributed by atoms with Crippen LogP contribution in [0.5, 0.6) is 0 Å². The molecule has 1 aliphatic rings. The lowest BCUT2D eigenvalue weighted by molar-refractivity contribution is -0.132. The van der Waals surface area contributed by atoms with Gasteiger partial charge in [-0.15, -0.1) is 0 Å². The summed E-state index contributed by atoms with van der Waals surface area (Å²) in [4.78, 5) is 27.7. The predicted octanol–water partition coefficient (Wildman–Crippen LogP) is 4.51. The number of hydrogen-bond acceptors (Lipinski definition) is 2. The quantitative estimate of drug-likeness (QED) is 0.621. The summed E-state index contributed by atoms with van der Waals surface area (Å²) < 4.78 is 0. The molecular formula is C26H26N2O2. The number of amides is 2. The Morgan fingerprint density at radius 1 is 0.967 bits per heavy atom. The van der Waals surface area contributed by atoms with Gasteiger partial charge in [-0.3, -0.25) is 9.59 Å². The minimum Gasteiger partial charge on any atom is -0.349 e. The van der Waals surface area contributed by atoms with Gasteiger partial charge in [0.1, 0.15) is 5.92 Å². The fourth-order valence-electron chi connectivity index (χ4n) is 4.04. The molecule has 1 fully saturated rings. The van der Waals surface area contributed by atoms with Gasteiger partial charge in [-0.1, -0.05) is 78.9 Å². The molecule has 1 saturated heterocycles. The minimum absolute atomic E-state index is 0.117. The van der Waals surface area contributed by atoms with Gasteiger partial charge in [-0.2, -0.15) is 0 Å². The predicted molar refractivity (Wildman–Crippen MR) is 119 cm³/mol. The van der Waals surface area contributed by atoms with E-state index in [0.717, 1.165) is 23.2 Å². The van der Waals surface area contributed by atoms with Gasteiger partial charge >= 0.3 is 0 Å². The fourth-order valence-corrected chi connectivity index (χ4v) is 4.04. The largest absolute Gasteiger partial charge is 0.349 e. The SMILES string of the molecule is CC(NC(=O)C1CCN(c2ccccc2Cc2ccccc2)C1=O)c1ccccc1. The maximum Gasteiger partial charge on any atom is 0.239 e. The Labute approximate surface area is 177 Å². The first-order valence-electron chi connectivity index (χ1n) is 10.4. The Morgan fingerprint density at radius 2 is 1.60 bits per heavy atom. The summed E-state index contributed by atoms with van der Waals surface area (Å²) in [6.45, 7) is 2.50. The van der Waals surface area contributed by atoms with Gasteiger partial charge in [0.2, 0.25) is 11.8 Å². The number of nitrogens with one attached hydrogen (secondary N) is 1. The summed E-state index contributed by atoms with van der Waals surface area (Å²) in [6, 6.07) is 27.9. The average Bonchev–Trinajstić information content (AvgIpc) is 3.16. The summed E-state index contributed by atoms with van der Waals surface area (Å²) in [5, 5.41) is 3.01. The van der Waals surface area contributed by atoms with Crippen molar-refractivity contribution >= 4 is 17.5 Å². The molecule has 152 valence electrons. The lowest BCUT2D eigenvalue weighted by Gasteiger charge is -2.21. The monoisotopic (exact) mass is 398 g/mol.